The molecule has 1 saturated heterocycles. The highest BCUT2D eigenvalue weighted by Crippen LogP contribution is 2.65. The largest absolute Gasteiger partial charge is 0.455 e. The molecule has 3 aromatic carbocycles. The van der Waals surface area contributed by atoms with E-state index in [4.69, 9.17) is 34.2 Å². The number of ketones is 1. The Morgan fingerprint density at radius 1 is 0.848 bits per heavy atom. The number of fused-ring (bicyclic) bond motifs is 5. The van der Waals surface area contributed by atoms with E-state index < -0.39 is 137 Å². The Morgan fingerprint density at radius 3 is 2.04 bits per heavy atom. The molecule has 3 aromatic rings. The second kappa shape index (κ2) is 24.3. The molecule has 0 radical (unpaired) electrons. The quantitative estimate of drug-likeness (QED) is 0.0587. The van der Waals surface area contributed by atoms with Gasteiger partial charge in [-0.3, -0.25) is 28.8 Å². The minimum Gasteiger partial charge on any atom is -0.455 e. The van der Waals surface area contributed by atoms with Gasteiger partial charge in [-0.15, -0.1) is 0 Å². The zero-order chi connectivity index (χ0) is 57.8. The van der Waals surface area contributed by atoms with Crippen LogP contribution in [0.1, 0.15) is 109 Å². The zero-order valence-corrected chi connectivity index (χ0v) is 46.7. The molecule has 1 heterocycles. The average Bonchev–Trinajstić information content (AvgIpc) is 3.38. The summed E-state index contributed by atoms with van der Waals surface area (Å²) in [5.74, 6) is -9.16. The molecule has 7 rings (SSSR count). The van der Waals surface area contributed by atoms with Crippen molar-refractivity contribution < 1.29 is 71.9 Å². The van der Waals surface area contributed by atoms with Gasteiger partial charge in [0.1, 0.15) is 48.3 Å². The van der Waals surface area contributed by atoms with Crippen LogP contribution in [-0.2, 0) is 68.4 Å². The molecule has 3 amide bonds. The molecule has 0 spiro atoms. The number of Topliss-reactive ketones (excluding diaryl/α,β-unsaturated/α-hetero) is 1. The summed E-state index contributed by atoms with van der Waals surface area (Å²) in [5, 5.41) is 21.9. The highest BCUT2D eigenvalue weighted by Gasteiger charge is 2.78. The van der Waals surface area contributed by atoms with Crippen molar-refractivity contribution in [2.24, 2.45) is 34.3 Å². The number of amides is 3. The maximum Gasteiger partial charge on any atom is 0.348 e. The fraction of sp³-hybridized carbons (Fsp3) is 0.533. The first-order valence-electron chi connectivity index (χ1n) is 27.0. The summed E-state index contributed by atoms with van der Waals surface area (Å²) >= 11 is 0. The molecule has 6 N–H and O–H groups in total. The van der Waals surface area contributed by atoms with E-state index in [-0.39, 0.29) is 49.7 Å². The molecule has 0 aromatic heterocycles. The van der Waals surface area contributed by atoms with E-state index in [1.54, 1.807) is 126 Å². The molecule has 2 saturated carbocycles. The van der Waals surface area contributed by atoms with Gasteiger partial charge in [0.15, 0.2) is 5.60 Å². The average molecular weight is 1090 g/mol. The van der Waals surface area contributed by atoms with Crippen molar-refractivity contribution in [1.29, 1.82) is 0 Å². The van der Waals surface area contributed by atoms with Gasteiger partial charge < -0.3 is 55.2 Å². The molecular weight excluding hydrogens is 1020 g/mol. The molecular formula is C60H76N4O15. The fourth-order valence-corrected chi connectivity index (χ4v) is 12.8. The van der Waals surface area contributed by atoms with E-state index in [9.17, 15) is 33.9 Å². The van der Waals surface area contributed by atoms with Gasteiger partial charge in [-0.25, -0.2) is 9.59 Å². The summed E-state index contributed by atoms with van der Waals surface area (Å²) in [4.78, 5) is 113. The van der Waals surface area contributed by atoms with Gasteiger partial charge in [-0.2, -0.15) is 0 Å². The van der Waals surface area contributed by atoms with Gasteiger partial charge in [0.2, 0.25) is 23.8 Å². The number of nitrogens with two attached hydrogens (primary N) is 1. The van der Waals surface area contributed by atoms with Crippen molar-refractivity contribution in [2.45, 2.75) is 148 Å². The number of ether oxygens (including phenoxy) is 6. The summed E-state index contributed by atoms with van der Waals surface area (Å²) in [7, 11) is 1.46. The number of aliphatic hydroxyl groups is 1. The Balaban J connectivity index is 1.21. The summed E-state index contributed by atoms with van der Waals surface area (Å²) < 4.78 is 37.4. The van der Waals surface area contributed by atoms with Crippen LogP contribution in [0.15, 0.2) is 102 Å². The van der Waals surface area contributed by atoms with Crippen LogP contribution in [0.4, 0.5) is 0 Å². The lowest BCUT2D eigenvalue weighted by atomic mass is 9.43. The smallest absolute Gasteiger partial charge is 0.348 e. The van der Waals surface area contributed by atoms with Crippen LogP contribution < -0.4 is 21.7 Å². The maximum atomic E-state index is 15.7. The maximum absolute atomic E-state index is 15.7. The molecule has 4 aliphatic rings. The van der Waals surface area contributed by atoms with Gasteiger partial charge in [0.25, 0.3) is 0 Å². The Labute approximate surface area is 461 Å². The summed E-state index contributed by atoms with van der Waals surface area (Å²) in [6, 6.07) is 23.6. The van der Waals surface area contributed by atoms with E-state index in [0.29, 0.717) is 16.7 Å². The topological polar surface area (TPSA) is 274 Å². The third-order valence-corrected chi connectivity index (χ3v) is 16.9. The summed E-state index contributed by atoms with van der Waals surface area (Å²) in [5.41, 5.74) is 1.08. The lowest BCUT2D eigenvalue weighted by molar-refractivity contribution is -0.346. The van der Waals surface area contributed by atoms with Gasteiger partial charge >= 0.3 is 23.9 Å². The Bertz CT molecular complexity index is 2790. The highest BCUT2D eigenvalue weighted by atomic mass is 16.6. The van der Waals surface area contributed by atoms with Gasteiger partial charge in [0, 0.05) is 50.5 Å². The molecule has 79 heavy (non-hydrogen) atoms. The lowest BCUT2D eigenvalue weighted by Crippen LogP contribution is -2.81. The monoisotopic (exact) mass is 1090 g/mol. The normalized spacial score (nSPS) is 28.3. The number of hydrogen-bond acceptors (Lipinski definition) is 16. The van der Waals surface area contributed by atoms with Crippen molar-refractivity contribution in [1.82, 2.24) is 16.0 Å². The summed E-state index contributed by atoms with van der Waals surface area (Å²) in [6.07, 6.45) is -6.37. The molecule has 426 valence electrons. The predicted molar refractivity (Wildman–Crippen MR) is 287 cm³/mol. The second-order valence-electron chi connectivity index (χ2n) is 22.7. The Kier molecular flexibility index (Phi) is 18.4. The minimum atomic E-state index is -2.21. The van der Waals surface area contributed by atoms with E-state index >= 15 is 9.59 Å². The first kappa shape index (κ1) is 59.9. The first-order valence-corrected chi connectivity index (χ1v) is 27.0. The number of methoxy groups -OCH3 is 1. The van der Waals surface area contributed by atoms with Crippen molar-refractivity contribution >= 4 is 47.4 Å². The van der Waals surface area contributed by atoms with Crippen molar-refractivity contribution in [2.75, 3.05) is 26.8 Å². The molecule has 19 nitrogen and oxygen atoms in total. The predicted octanol–water partition coefficient (Wildman–Crippen LogP) is 4.61. The lowest BCUT2D eigenvalue weighted by Gasteiger charge is -2.68. The van der Waals surface area contributed by atoms with Crippen LogP contribution in [0.25, 0.3) is 0 Å². The number of benzene rings is 3. The summed E-state index contributed by atoms with van der Waals surface area (Å²) in [6.45, 7) is 13.9. The number of rotatable bonds is 20. The molecule has 19 heteroatoms. The van der Waals surface area contributed by atoms with Crippen molar-refractivity contribution in [3.8, 4) is 0 Å². The van der Waals surface area contributed by atoms with Crippen molar-refractivity contribution in [3.63, 3.8) is 0 Å². The van der Waals surface area contributed by atoms with Gasteiger partial charge in [-0.05, 0) is 60.6 Å². The van der Waals surface area contributed by atoms with E-state index in [2.05, 4.69) is 16.0 Å². The minimum absolute atomic E-state index is 0.104. The third-order valence-electron chi connectivity index (χ3n) is 16.9. The van der Waals surface area contributed by atoms with Crippen LogP contribution in [0.2, 0.25) is 0 Å². The number of carbonyl (C=O) groups excluding carboxylic acids is 8. The van der Waals surface area contributed by atoms with E-state index in [1.807, 2.05) is 19.9 Å². The van der Waals surface area contributed by atoms with Crippen LogP contribution in [0.5, 0.6) is 0 Å². The number of hydrogen-bond donors (Lipinski definition) is 5. The number of nitrogens with one attached hydrogen (secondary N) is 3. The van der Waals surface area contributed by atoms with Crippen LogP contribution in [0.3, 0.4) is 0 Å². The van der Waals surface area contributed by atoms with Crippen LogP contribution in [0, 0.1) is 28.6 Å². The van der Waals surface area contributed by atoms with E-state index in [0.717, 1.165) is 5.56 Å². The van der Waals surface area contributed by atoms with Crippen LogP contribution in [-0.4, -0.2) is 133 Å². The highest BCUT2D eigenvalue weighted by molar-refractivity contribution is 5.94. The fourth-order valence-electron chi connectivity index (χ4n) is 12.8. The molecule has 3 fully saturated rings. The molecule has 13 atom stereocenters. The first-order chi connectivity index (χ1) is 37.3. The third kappa shape index (κ3) is 11.9. The Hall–Kier alpha value is -6.80. The SMILES string of the molecule is CO[C@H]1C[C@H]2OC[C@@]2(OC(C)=O)[C@H]2[C@H](OC(=O)c3ccccc3)[C@]3(O)C[C@H](OC(=O)[C@H](OC(=O)CNC(=O)[C@H](CC(C)C)NC(=O)[C@H](Cc4ccccc4)NC(=O)CN)[C@@H](C)c4ccccc4)C(C)=C([C@@H](C)C(=O)[C@]12C)C3(C)C. The standard InChI is InChI=1S/C60H76N4O15/c1-33(2)26-41(64-54(70)42(63-46(66)30-61)27-38-20-14-11-15-21-38)53(69)62-31-47(67)77-49(34(3)39-22-16-12-17-23-39)56(72)76-43-29-60(73)52(78-55(71)40-24-18-13-19-25-40)50-58(9,51(68)36(5)48(35(43)4)57(60,7)8)44(74-10)28-45-59(50,32-75-45)79-37(6)65/h11-25,33-34,36,41-45,49-50,52,73H,26-32,61H2,1-10H3,(H,62,69)(H,63,66)(H,64,70)/t34-,36+,41-,42-,43-,44-,45+,49+,50-,52-,58+,59-,60+/m0/s1. The van der Waals surface area contributed by atoms with E-state index in [1.165, 1.54) is 14.0 Å². The van der Waals surface area contributed by atoms with Crippen molar-refractivity contribution in [3.05, 3.63) is 119 Å². The van der Waals surface area contributed by atoms with Gasteiger partial charge in [0.05, 0.1) is 36.2 Å². The number of esters is 4. The molecule has 2 bridgehead atoms. The molecule has 1 aliphatic heterocycles. The Morgan fingerprint density at radius 2 is 1.47 bits per heavy atom. The zero-order valence-electron chi connectivity index (χ0n) is 46.7. The van der Waals surface area contributed by atoms with Crippen LogP contribution >= 0.6 is 0 Å². The molecule has 3 aliphatic carbocycles. The van der Waals surface area contributed by atoms with Gasteiger partial charge in [-0.1, -0.05) is 120 Å². The number of carbonyl (C=O) groups is 8. The molecule has 0 unspecified atom stereocenters. The second-order valence-corrected chi connectivity index (χ2v) is 22.7.